The molecule has 0 spiro atoms. The van der Waals surface area contributed by atoms with Crippen molar-refractivity contribution in [3.63, 3.8) is 0 Å². The van der Waals surface area contributed by atoms with Gasteiger partial charge in [0.25, 0.3) is 5.69 Å². The van der Waals surface area contributed by atoms with Gasteiger partial charge in [-0.3, -0.25) is 14.9 Å². The van der Waals surface area contributed by atoms with E-state index in [0.29, 0.717) is 23.3 Å². The highest BCUT2D eigenvalue weighted by Crippen LogP contribution is 2.31. The number of nitrogens with zero attached hydrogens (tertiary/aromatic N) is 2. The zero-order chi connectivity index (χ0) is 16.3. The van der Waals surface area contributed by atoms with Crippen molar-refractivity contribution in [1.82, 2.24) is 5.32 Å². The average Bonchev–Trinajstić information content (AvgIpc) is 2.46. The van der Waals surface area contributed by atoms with Gasteiger partial charge in [0.05, 0.1) is 4.92 Å². The molecule has 22 heavy (non-hydrogen) atoms. The lowest BCUT2D eigenvalue weighted by Crippen LogP contribution is -2.44. The van der Waals surface area contributed by atoms with Crippen molar-refractivity contribution >= 4 is 17.2 Å². The third kappa shape index (κ3) is 3.82. The van der Waals surface area contributed by atoms with Crippen molar-refractivity contribution in [3.05, 3.63) is 33.9 Å². The summed E-state index contributed by atoms with van der Waals surface area (Å²) in [4.78, 5) is 24.4. The summed E-state index contributed by atoms with van der Waals surface area (Å²) in [5, 5.41) is 14.8. The van der Waals surface area contributed by atoms with E-state index in [1.165, 1.54) is 13.0 Å². The Morgan fingerprint density at radius 1 is 1.36 bits per heavy atom. The lowest BCUT2D eigenvalue weighted by atomic mass is 10.0. The van der Waals surface area contributed by atoms with Crippen molar-refractivity contribution in [2.24, 2.45) is 0 Å². The van der Waals surface area contributed by atoms with Crippen LogP contribution in [0.15, 0.2) is 18.2 Å². The van der Waals surface area contributed by atoms with Crippen LogP contribution < -0.4 is 10.2 Å². The SMILES string of the molecule is CC(=O)c1ccc(N2CCC(NC(C)C)CC2)c([N+](=O)[O-])c1. The molecule has 0 unspecified atom stereocenters. The van der Waals surface area contributed by atoms with Crippen LogP contribution in [0, 0.1) is 10.1 Å². The van der Waals surface area contributed by atoms with Crippen LogP contribution in [0.5, 0.6) is 0 Å². The normalized spacial score (nSPS) is 16.1. The van der Waals surface area contributed by atoms with Gasteiger partial charge in [0.15, 0.2) is 5.78 Å². The molecule has 1 aliphatic rings. The van der Waals surface area contributed by atoms with E-state index in [2.05, 4.69) is 19.2 Å². The lowest BCUT2D eigenvalue weighted by molar-refractivity contribution is -0.384. The largest absolute Gasteiger partial charge is 0.366 e. The van der Waals surface area contributed by atoms with E-state index < -0.39 is 4.92 Å². The standard InChI is InChI=1S/C16H23N3O3/c1-11(2)17-14-6-8-18(9-7-14)15-5-4-13(12(3)20)10-16(15)19(21)22/h4-5,10-11,14,17H,6-9H2,1-3H3. The number of rotatable bonds is 5. The summed E-state index contributed by atoms with van der Waals surface area (Å²) in [5.74, 6) is -0.158. The number of Topliss-reactive ketones (excluding diaryl/α,β-unsaturated/α-hetero) is 1. The summed E-state index contributed by atoms with van der Waals surface area (Å²) in [5.41, 5.74) is 1.01. The van der Waals surface area contributed by atoms with Crippen molar-refractivity contribution in [2.45, 2.75) is 45.7 Å². The molecular formula is C16H23N3O3. The molecule has 0 aliphatic carbocycles. The first-order valence-corrected chi connectivity index (χ1v) is 7.69. The third-order valence-electron chi connectivity index (χ3n) is 3.98. The first-order valence-electron chi connectivity index (χ1n) is 7.69. The van der Waals surface area contributed by atoms with E-state index in [1.54, 1.807) is 12.1 Å². The minimum absolute atomic E-state index is 0.0166. The van der Waals surface area contributed by atoms with Crippen molar-refractivity contribution < 1.29 is 9.72 Å². The Balaban J connectivity index is 2.16. The van der Waals surface area contributed by atoms with Gasteiger partial charge in [-0.2, -0.15) is 0 Å². The molecule has 1 fully saturated rings. The second-order valence-electron chi connectivity index (χ2n) is 6.10. The van der Waals surface area contributed by atoms with Crippen molar-refractivity contribution in [3.8, 4) is 0 Å². The number of nitro groups is 1. The van der Waals surface area contributed by atoms with Gasteiger partial charge in [-0.1, -0.05) is 13.8 Å². The van der Waals surface area contributed by atoms with Crippen LogP contribution >= 0.6 is 0 Å². The van der Waals surface area contributed by atoms with E-state index in [0.717, 1.165) is 25.9 Å². The number of piperidine rings is 1. The highest BCUT2D eigenvalue weighted by Gasteiger charge is 2.25. The fourth-order valence-electron chi connectivity index (χ4n) is 2.91. The monoisotopic (exact) mass is 305 g/mol. The fourth-order valence-corrected chi connectivity index (χ4v) is 2.91. The smallest absolute Gasteiger partial charge is 0.293 e. The maximum Gasteiger partial charge on any atom is 0.293 e. The van der Waals surface area contributed by atoms with Gasteiger partial charge in [-0.05, 0) is 31.9 Å². The van der Waals surface area contributed by atoms with Crippen LogP contribution in [-0.2, 0) is 0 Å². The molecule has 2 rings (SSSR count). The number of nitrogens with one attached hydrogen (secondary N) is 1. The number of hydrogen-bond acceptors (Lipinski definition) is 5. The van der Waals surface area contributed by atoms with E-state index >= 15 is 0 Å². The van der Waals surface area contributed by atoms with Crippen molar-refractivity contribution in [1.29, 1.82) is 0 Å². The topological polar surface area (TPSA) is 75.5 Å². The number of nitro benzene ring substituents is 1. The van der Waals surface area contributed by atoms with Gasteiger partial charge in [0.2, 0.25) is 0 Å². The third-order valence-corrected chi connectivity index (χ3v) is 3.98. The number of hydrogen-bond donors (Lipinski definition) is 1. The first kappa shape index (κ1) is 16.4. The molecule has 1 aromatic carbocycles. The van der Waals surface area contributed by atoms with E-state index in [1.807, 2.05) is 4.90 Å². The molecule has 0 aromatic heterocycles. The van der Waals surface area contributed by atoms with Crippen LogP contribution in [0.1, 0.15) is 44.0 Å². The Morgan fingerprint density at radius 3 is 2.50 bits per heavy atom. The predicted octanol–water partition coefficient (Wildman–Crippen LogP) is 2.76. The lowest BCUT2D eigenvalue weighted by Gasteiger charge is -2.34. The second kappa shape index (κ2) is 6.87. The minimum Gasteiger partial charge on any atom is -0.366 e. The number of carbonyl (C=O) groups excluding carboxylic acids is 1. The molecule has 6 nitrogen and oxygen atoms in total. The van der Waals surface area contributed by atoms with Crippen LogP contribution in [0.4, 0.5) is 11.4 Å². The molecule has 6 heteroatoms. The first-order chi connectivity index (χ1) is 10.4. The zero-order valence-electron chi connectivity index (χ0n) is 13.3. The van der Waals surface area contributed by atoms with Crippen LogP contribution in [0.25, 0.3) is 0 Å². The Kier molecular flexibility index (Phi) is 5.13. The quantitative estimate of drug-likeness (QED) is 0.514. The maximum atomic E-state index is 11.4. The van der Waals surface area contributed by atoms with Crippen LogP contribution in [0.2, 0.25) is 0 Å². The molecule has 1 heterocycles. The van der Waals surface area contributed by atoms with Crippen molar-refractivity contribution in [2.75, 3.05) is 18.0 Å². The maximum absolute atomic E-state index is 11.4. The molecule has 0 amide bonds. The van der Waals surface area contributed by atoms with Gasteiger partial charge >= 0.3 is 0 Å². The summed E-state index contributed by atoms with van der Waals surface area (Å²) in [6.45, 7) is 7.23. The Hall–Kier alpha value is -1.95. The molecule has 120 valence electrons. The molecule has 1 N–H and O–H groups in total. The molecule has 0 saturated carbocycles. The molecular weight excluding hydrogens is 282 g/mol. The molecule has 0 atom stereocenters. The number of carbonyl (C=O) groups is 1. The number of anilines is 1. The van der Waals surface area contributed by atoms with E-state index in [4.69, 9.17) is 0 Å². The fraction of sp³-hybridized carbons (Fsp3) is 0.562. The molecule has 0 bridgehead atoms. The van der Waals surface area contributed by atoms with E-state index in [-0.39, 0.29) is 11.5 Å². The summed E-state index contributed by atoms with van der Waals surface area (Å²) in [6.07, 6.45) is 1.92. The Labute approximate surface area is 130 Å². The molecule has 0 radical (unpaired) electrons. The van der Waals surface area contributed by atoms with Gasteiger partial charge < -0.3 is 10.2 Å². The van der Waals surface area contributed by atoms with Crippen LogP contribution in [0.3, 0.4) is 0 Å². The molecule has 1 aliphatic heterocycles. The van der Waals surface area contributed by atoms with Gasteiger partial charge in [0.1, 0.15) is 5.69 Å². The van der Waals surface area contributed by atoms with E-state index in [9.17, 15) is 14.9 Å². The highest BCUT2D eigenvalue weighted by molar-refractivity contribution is 5.95. The summed E-state index contributed by atoms with van der Waals surface area (Å²) >= 11 is 0. The Morgan fingerprint density at radius 2 is 2.00 bits per heavy atom. The highest BCUT2D eigenvalue weighted by atomic mass is 16.6. The number of ketones is 1. The average molecular weight is 305 g/mol. The van der Waals surface area contributed by atoms with Gasteiger partial charge in [-0.15, -0.1) is 0 Å². The molecule has 1 saturated heterocycles. The predicted molar refractivity (Wildman–Crippen MR) is 86.6 cm³/mol. The Bertz CT molecular complexity index is 564. The second-order valence-corrected chi connectivity index (χ2v) is 6.10. The van der Waals surface area contributed by atoms with Crippen LogP contribution in [-0.4, -0.2) is 35.9 Å². The number of benzene rings is 1. The van der Waals surface area contributed by atoms with Gasteiger partial charge in [-0.25, -0.2) is 0 Å². The summed E-state index contributed by atoms with van der Waals surface area (Å²) in [6, 6.07) is 5.66. The summed E-state index contributed by atoms with van der Waals surface area (Å²) in [7, 11) is 0. The zero-order valence-corrected chi connectivity index (χ0v) is 13.3. The molecule has 1 aromatic rings. The van der Waals surface area contributed by atoms with Gasteiger partial charge in [0, 0.05) is 36.8 Å². The summed E-state index contributed by atoms with van der Waals surface area (Å²) < 4.78 is 0. The minimum atomic E-state index is -0.403.